The van der Waals surface area contributed by atoms with Crippen LogP contribution >= 0.6 is 26.4 Å². The fourth-order valence-corrected chi connectivity index (χ4v) is 6.38. The van der Waals surface area contributed by atoms with Gasteiger partial charge in [-0.25, -0.2) is 0 Å². The van der Waals surface area contributed by atoms with Crippen molar-refractivity contribution >= 4 is 36.5 Å². The van der Waals surface area contributed by atoms with Crippen molar-refractivity contribution in [3.05, 3.63) is 89.4 Å². The number of hydrogen-bond acceptors (Lipinski definition) is 0. The topological polar surface area (TPSA) is 0 Å². The monoisotopic (exact) mass is 444 g/mol. The van der Waals surface area contributed by atoms with Gasteiger partial charge in [0.25, 0.3) is 0 Å². The van der Waals surface area contributed by atoms with Gasteiger partial charge in [-0.2, -0.15) is 0 Å². The molecule has 0 fully saturated rings. The van der Waals surface area contributed by atoms with E-state index in [1.54, 1.807) is 0 Å². The van der Waals surface area contributed by atoms with Gasteiger partial charge in [-0.1, -0.05) is 48.5 Å². The molecule has 1 aromatic heterocycles. The van der Waals surface area contributed by atoms with E-state index in [0.717, 1.165) is 0 Å². The molecule has 1 unspecified atom stereocenters. The highest BCUT2D eigenvalue weighted by Crippen LogP contribution is 2.53. The smallest absolute Gasteiger partial charge is 0.201 e. The van der Waals surface area contributed by atoms with E-state index in [0.29, 0.717) is 0 Å². The van der Waals surface area contributed by atoms with Crippen LogP contribution in [0.4, 0.5) is 0 Å². The fraction of sp³-hybridized carbons (Fsp3) is 0. The summed E-state index contributed by atoms with van der Waals surface area (Å²) >= 11 is 3.86. The Morgan fingerprint density at radius 3 is 1.91 bits per heavy atom. The average molecular weight is 446 g/mol. The van der Waals surface area contributed by atoms with Crippen molar-refractivity contribution in [2.24, 2.45) is 0 Å². The minimum atomic E-state index is -0.0517. The first-order valence-electron chi connectivity index (χ1n) is 7.20. The van der Waals surface area contributed by atoms with Crippen LogP contribution in [0.25, 0.3) is 25.4 Å². The highest BCUT2D eigenvalue weighted by atomic mass is 79.9. The molecule has 114 valence electrons. The lowest BCUT2D eigenvalue weighted by atomic mass is 10.1. The Labute approximate surface area is 157 Å². The lowest BCUT2D eigenvalue weighted by molar-refractivity contribution is -0.00000397. The van der Waals surface area contributed by atoms with Crippen LogP contribution in [0.15, 0.2) is 89.4 Å². The second-order valence-electron chi connectivity index (χ2n) is 5.12. The first kappa shape index (κ1) is 16.4. The Kier molecular flexibility index (Phi) is 5.00. The predicted molar refractivity (Wildman–Crippen MR) is 101 cm³/mol. The van der Waals surface area contributed by atoms with E-state index < -0.39 is 0 Å². The third kappa shape index (κ3) is 2.89. The third-order valence-electron chi connectivity index (χ3n) is 3.76. The summed E-state index contributed by atoms with van der Waals surface area (Å²) in [5.74, 6) is 0. The summed E-state index contributed by atoms with van der Waals surface area (Å²) in [6, 6.07) is 30.2. The van der Waals surface area contributed by atoms with Crippen LogP contribution in [0.1, 0.15) is 0 Å². The molecule has 4 rings (SSSR count). The lowest BCUT2D eigenvalue weighted by Gasteiger charge is -1.98. The van der Waals surface area contributed by atoms with Crippen LogP contribution < -0.4 is 17.0 Å². The molecule has 0 saturated heterocycles. The van der Waals surface area contributed by atoms with Gasteiger partial charge in [0.15, 0.2) is 9.60 Å². The van der Waals surface area contributed by atoms with Crippen molar-refractivity contribution in [3.8, 4) is 15.3 Å². The molecule has 0 nitrogen and oxygen atoms in total. The maximum Gasteiger partial charge on any atom is 0.201 e. The van der Waals surface area contributed by atoms with Gasteiger partial charge in [-0.15, -0.1) is 0 Å². The molecule has 23 heavy (non-hydrogen) atoms. The van der Waals surface area contributed by atoms with E-state index >= 15 is 0 Å². The Hall–Kier alpha value is -1.42. The third-order valence-corrected chi connectivity index (χ3v) is 7.24. The van der Waals surface area contributed by atoms with Gasteiger partial charge in [0, 0.05) is 16.0 Å². The van der Waals surface area contributed by atoms with Crippen molar-refractivity contribution in [1.29, 1.82) is 0 Å². The molecule has 1 heterocycles. The first-order valence-corrected chi connectivity index (χ1v) is 9.22. The lowest BCUT2D eigenvalue weighted by Crippen LogP contribution is -3.00. The molecule has 3 aromatic carbocycles. The molecular weight excluding hydrogens is 432 g/mol. The number of hydrogen-bond donors (Lipinski definition) is 0. The van der Waals surface area contributed by atoms with E-state index in [-0.39, 0.29) is 27.5 Å². The molecule has 0 aliphatic carbocycles. The molecule has 0 saturated carbocycles. The Morgan fingerprint density at radius 2 is 1.22 bits per heavy atom. The predicted octanol–water partition coefficient (Wildman–Crippen LogP) is 4.01. The summed E-state index contributed by atoms with van der Waals surface area (Å²) in [4.78, 5) is 2.75. The minimum absolute atomic E-state index is 0. The molecular formula is C20H14Br2S. The van der Waals surface area contributed by atoms with Gasteiger partial charge in [-0.05, 0) is 52.3 Å². The second-order valence-corrected chi connectivity index (χ2v) is 7.85. The van der Waals surface area contributed by atoms with Crippen molar-refractivity contribution in [1.82, 2.24) is 0 Å². The van der Waals surface area contributed by atoms with Crippen LogP contribution in [0.2, 0.25) is 0 Å². The number of rotatable bonds is 2. The van der Waals surface area contributed by atoms with Crippen LogP contribution in [0.3, 0.4) is 0 Å². The zero-order valence-electron chi connectivity index (χ0n) is 12.2. The summed E-state index contributed by atoms with van der Waals surface area (Å²) in [6.45, 7) is 0. The number of thiophene rings is 1. The maximum absolute atomic E-state index is 3.86. The quantitative estimate of drug-likeness (QED) is 0.409. The summed E-state index contributed by atoms with van der Waals surface area (Å²) in [5.41, 5.74) is 1.29. The highest BCUT2D eigenvalue weighted by Gasteiger charge is 2.28. The van der Waals surface area contributed by atoms with E-state index in [1.165, 1.54) is 29.9 Å². The number of fused-ring (bicyclic) bond motifs is 1. The normalized spacial score (nSPS) is 11.3. The van der Waals surface area contributed by atoms with E-state index in [9.17, 15) is 0 Å². The molecule has 0 amide bonds. The van der Waals surface area contributed by atoms with Gasteiger partial charge in [0.2, 0.25) is 4.88 Å². The molecule has 1 atom stereocenters. The van der Waals surface area contributed by atoms with Gasteiger partial charge in [0.05, 0.1) is 9.86 Å². The highest BCUT2D eigenvalue weighted by molar-refractivity contribution is 9.10. The number of benzene rings is 3. The minimum Gasteiger partial charge on any atom is -1.00 e. The van der Waals surface area contributed by atoms with Crippen molar-refractivity contribution in [2.75, 3.05) is 0 Å². The molecule has 0 radical (unpaired) electrons. The molecule has 3 heteroatoms. The SMILES string of the molecule is Brc1c(-c2ccccc2)[s+](-c2ccccc2)c2ccccc12.[Br-]. The summed E-state index contributed by atoms with van der Waals surface area (Å²) in [6.07, 6.45) is 0. The number of halogens is 2. The Morgan fingerprint density at radius 1 is 0.652 bits per heavy atom. The molecule has 4 aromatic rings. The van der Waals surface area contributed by atoms with Crippen LogP contribution in [-0.2, 0) is 0 Å². The summed E-state index contributed by atoms with van der Waals surface area (Å²) in [7, 11) is -0.0517. The standard InChI is InChI=1S/C20H14BrS.BrH/c21-19-17-13-7-8-14-18(17)22(16-11-5-2-6-12-16)20(19)15-9-3-1-4-10-15;/h1-14H;1H/q+1;/p-1. The molecule has 0 bridgehead atoms. The van der Waals surface area contributed by atoms with E-state index in [1.807, 2.05) is 0 Å². The molecule has 0 aliphatic heterocycles. The van der Waals surface area contributed by atoms with Crippen molar-refractivity contribution in [2.45, 2.75) is 0 Å². The first-order chi connectivity index (χ1) is 10.9. The summed E-state index contributed by atoms with van der Waals surface area (Å²) in [5, 5.41) is 1.31. The van der Waals surface area contributed by atoms with Crippen molar-refractivity contribution < 1.29 is 17.0 Å². The van der Waals surface area contributed by atoms with E-state index in [2.05, 4.69) is 101 Å². The van der Waals surface area contributed by atoms with Gasteiger partial charge >= 0.3 is 0 Å². The van der Waals surface area contributed by atoms with Crippen LogP contribution in [0.5, 0.6) is 0 Å². The van der Waals surface area contributed by atoms with Gasteiger partial charge < -0.3 is 17.0 Å². The zero-order valence-corrected chi connectivity index (χ0v) is 16.2. The average Bonchev–Trinajstić information content (AvgIpc) is 2.90. The van der Waals surface area contributed by atoms with Crippen LogP contribution in [-0.4, -0.2) is 0 Å². The van der Waals surface area contributed by atoms with E-state index in [4.69, 9.17) is 0 Å². The van der Waals surface area contributed by atoms with Gasteiger partial charge in [0.1, 0.15) is 0 Å². The maximum atomic E-state index is 3.86. The second kappa shape index (κ2) is 7.00. The zero-order chi connectivity index (χ0) is 14.9. The van der Waals surface area contributed by atoms with Crippen LogP contribution in [0, 0.1) is 0 Å². The molecule has 0 N–H and O–H groups in total. The largest absolute Gasteiger partial charge is 1.00 e. The molecule has 0 aliphatic rings. The molecule has 0 spiro atoms. The summed E-state index contributed by atoms with van der Waals surface area (Å²) < 4.78 is 2.63. The Balaban J connectivity index is 0.00000156. The fourth-order valence-electron chi connectivity index (χ4n) is 2.78. The Bertz CT molecular complexity index is 928. The van der Waals surface area contributed by atoms with Gasteiger partial charge in [-0.3, -0.25) is 0 Å². The van der Waals surface area contributed by atoms with Crippen molar-refractivity contribution in [3.63, 3.8) is 0 Å².